The van der Waals surface area contributed by atoms with Crippen molar-refractivity contribution >= 4 is 11.6 Å². The van der Waals surface area contributed by atoms with E-state index in [2.05, 4.69) is 63.1 Å². The van der Waals surface area contributed by atoms with Crippen LogP contribution in [0.3, 0.4) is 0 Å². The first-order chi connectivity index (χ1) is 15.7. The van der Waals surface area contributed by atoms with E-state index in [1.165, 1.54) is 17.0 Å². The van der Waals surface area contributed by atoms with Crippen LogP contribution in [-0.2, 0) is 6.42 Å². The first-order valence-electron chi connectivity index (χ1n) is 11.7. The largest absolute Gasteiger partial charge is 0.375 e. The highest BCUT2D eigenvalue weighted by Gasteiger charge is 2.27. The van der Waals surface area contributed by atoms with Crippen LogP contribution in [0, 0.1) is 19.3 Å². The maximum Gasteiger partial charge on any atom is 0.117 e. The Labute approximate surface area is 190 Å². The number of piperidine rings is 1. The van der Waals surface area contributed by atoms with Crippen molar-refractivity contribution in [3.63, 3.8) is 0 Å². The van der Waals surface area contributed by atoms with Crippen LogP contribution < -0.4 is 0 Å². The summed E-state index contributed by atoms with van der Waals surface area (Å²) in [4.78, 5) is 15.8. The summed E-state index contributed by atoms with van der Waals surface area (Å²) in [5.74, 6) is 4.31. The molecular formula is C27H31N5. The Morgan fingerprint density at radius 1 is 1.34 bits per heavy atom. The van der Waals surface area contributed by atoms with E-state index in [4.69, 9.17) is 11.4 Å². The first kappa shape index (κ1) is 20.6. The molecule has 1 N–H and O–H groups in total. The quantitative estimate of drug-likeness (QED) is 0.420. The zero-order valence-corrected chi connectivity index (χ0v) is 18.9. The highest BCUT2D eigenvalue weighted by Crippen LogP contribution is 2.35. The number of likely N-dealkylation sites (tertiary alicyclic amines) is 1. The van der Waals surface area contributed by atoms with Gasteiger partial charge in [-0.15, -0.1) is 12.3 Å². The molecule has 2 aliphatic rings. The summed E-state index contributed by atoms with van der Waals surface area (Å²) in [7, 11) is 0. The number of terminal acetylenes is 1. The smallest absolute Gasteiger partial charge is 0.117 e. The standard InChI is InChI=1S/C27H31N5/c1-4-5-6-9-19(2)31-15-12-21(13-16-31)27-30-25(26-20(3)28-14-17-32(26)27)24-18-22-10-7-8-11-23(22)29-24/h1,8,11,14,17-18,21,29H,2,5-7,9-10,12-13,15-16H2,3H3. The molecule has 164 valence electrons. The zero-order chi connectivity index (χ0) is 22.1. The van der Waals surface area contributed by atoms with Crippen LogP contribution in [0.15, 0.2) is 36.8 Å². The predicted molar refractivity (Wildman–Crippen MR) is 130 cm³/mol. The second kappa shape index (κ2) is 8.70. The summed E-state index contributed by atoms with van der Waals surface area (Å²) in [5, 5.41) is 0. The number of imidazole rings is 1. The summed E-state index contributed by atoms with van der Waals surface area (Å²) in [6, 6.07) is 2.28. The lowest BCUT2D eigenvalue weighted by atomic mass is 9.95. The number of aromatic amines is 1. The number of hydrogen-bond donors (Lipinski definition) is 1. The summed E-state index contributed by atoms with van der Waals surface area (Å²) in [5.41, 5.74) is 8.07. The number of aromatic nitrogens is 4. The number of hydrogen-bond acceptors (Lipinski definition) is 3. The normalized spacial score (nSPS) is 16.3. The number of unbranched alkanes of at least 4 members (excludes halogenated alkanes) is 1. The minimum atomic E-state index is 0.428. The van der Waals surface area contributed by atoms with Gasteiger partial charge >= 0.3 is 0 Å². The Morgan fingerprint density at radius 2 is 2.19 bits per heavy atom. The molecule has 0 unspecified atom stereocenters. The summed E-state index contributed by atoms with van der Waals surface area (Å²) >= 11 is 0. The van der Waals surface area contributed by atoms with Gasteiger partial charge in [-0.2, -0.15) is 0 Å². The van der Waals surface area contributed by atoms with Gasteiger partial charge in [0.05, 0.1) is 16.9 Å². The Morgan fingerprint density at radius 3 is 2.97 bits per heavy atom. The van der Waals surface area contributed by atoms with Gasteiger partial charge in [-0.1, -0.05) is 12.7 Å². The van der Waals surface area contributed by atoms with Crippen LogP contribution in [-0.4, -0.2) is 37.3 Å². The molecule has 1 aliphatic carbocycles. The minimum absolute atomic E-state index is 0.428. The number of H-pyrrole nitrogens is 1. The van der Waals surface area contributed by atoms with Crippen molar-refractivity contribution in [2.24, 2.45) is 0 Å². The van der Waals surface area contributed by atoms with Crippen LogP contribution >= 0.6 is 0 Å². The lowest BCUT2D eigenvalue weighted by Gasteiger charge is -2.34. The van der Waals surface area contributed by atoms with Gasteiger partial charge in [0.25, 0.3) is 0 Å². The van der Waals surface area contributed by atoms with Gasteiger partial charge in [0.2, 0.25) is 0 Å². The highest BCUT2D eigenvalue weighted by atomic mass is 15.1. The number of rotatable bonds is 6. The number of aryl methyl sites for hydroxylation is 2. The molecule has 0 aromatic carbocycles. The van der Waals surface area contributed by atoms with Crippen molar-refractivity contribution in [1.82, 2.24) is 24.3 Å². The fourth-order valence-corrected chi connectivity index (χ4v) is 5.14. The molecule has 1 fully saturated rings. The van der Waals surface area contributed by atoms with E-state index in [1.54, 1.807) is 0 Å². The van der Waals surface area contributed by atoms with Crippen molar-refractivity contribution in [2.45, 2.75) is 57.8 Å². The second-order valence-electron chi connectivity index (χ2n) is 9.00. The van der Waals surface area contributed by atoms with Crippen molar-refractivity contribution < 1.29 is 0 Å². The van der Waals surface area contributed by atoms with E-state index >= 15 is 0 Å². The number of nitrogens with one attached hydrogen (secondary N) is 1. The molecule has 4 heterocycles. The molecule has 0 spiro atoms. The van der Waals surface area contributed by atoms with Crippen LogP contribution in [0.25, 0.3) is 23.0 Å². The highest BCUT2D eigenvalue weighted by molar-refractivity contribution is 5.79. The van der Waals surface area contributed by atoms with Crippen molar-refractivity contribution in [3.05, 3.63) is 59.6 Å². The van der Waals surface area contributed by atoms with Crippen LogP contribution in [0.1, 0.15) is 67.2 Å². The van der Waals surface area contributed by atoms with Crippen LogP contribution in [0.4, 0.5) is 0 Å². The van der Waals surface area contributed by atoms with Gasteiger partial charge in [-0.05, 0) is 63.2 Å². The maximum absolute atomic E-state index is 5.39. The van der Waals surface area contributed by atoms with E-state index < -0.39 is 0 Å². The van der Waals surface area contributed by atoms with E-state index in [1.807, 2.05) is 6.20 Å². The van der Waals surface area contributed by atoms with Crippen LogP contribution in [0.2, 0.25) is 0 Å². The second-order valence-corrected chi connectivity index (χ2v) is 9.00. The lowest BCUT2D eigenvalue weighted by Crippen LogP contribution is -2.32. The minimum Gasteiger partial charge on any atom is -0.375 e. The molecule has 0 radical (unpaired) electrons. The molecule has 3 aromatic rings. The molecule has 5 heteroatoms. The predicted octanol–water partition coefficient (Wildman–Crippen LogP) is 5.49. The molecule has 3 aromatic heterocycles. The van der Waals surface area contributed by atoms with Gasteiger partial charge in [0.1, 0.15) is 11.5 Å². The monoisotopic (exact) mass is 425 g/mol. The van der Waals surface area contributed by atoms with E-state index in [0.29, 0.717) is 5.92 Å². The van der Waals surface area contributed by atoms with Gasteiger partial charge in [0, 0.05) is 49.2 Å². The summed E-state index contributed by atoms with van der Waals surface area (Å²) in [6.07, 6.45) is 21.0. The SMILES string of the molecule is C#CCCCC(=C)N1CCC(c2nc(-c3cc4c([nH]3)C=CCC4)c3c(C)nccn23)CC1. The molecule has 0 atom stereocenters. The molecular weight excluding hydrogens is 394 g/mol. The van der Waals surface area contributed by atoms with Crippen molar-refractivity contribution in [1.29, 1.82) is 0 Å². The molecule has 32 heavy (non-hydrogen) atoms. The molecule has 5 nitrogen and oxygen atoms in total. The maximum atomic E-state index is 5.39. The van der Waals surface area contributed by atoms with Gasteiger partial charge < -0.3 is 9.88 Å². The molecule has 5 rings (SSSR count). The molecule has 0 amide bonds. The average Bonchev–Trinajstić information content (AvgIpc) is 3.42. The molecule has 1 saturated heterocycles. The average molecular weight is 426 g/mol. The van der Waals surface area contributed by atoms with Crippen molar-refractivity contribution in [3.8, 4) is 23.7 Å². The fraction of sp³-hybridized carbons (Fsp3) is 0.407. The molecule has 0 bridgehead atoms. The first-order valence-corrected chi connectivity index (χ1v) is 11.7. The number of nitrogens with zero attached hydrogens (tertiary/aromatic N) is 4. The van der Waals surface area contributed by atoms with Gasteiger partial charge in [0.15, 0.2) is 0 Å². The lowest BCUT2D eigenvalue weighted by molar-refractivity contribution is 0.251. The summed E-state index contributed by atoms with van der Waals surface area (Å²) < 4.78 is 2.27. The summed E-state index contributed by atoms with van der Waals surface area (Å²) in [6.45, 7) is 8.43. The molecule has 0 saturated carbocycles. The Bertz CT molecular complexity index is 1210. The van der Waals surface area contributed by atoms with Gasteiger partial charge in [-0.3, -0.25) is 9.38 Å². The van der Waals surface area contributed by atoms with E-state index in [0.717, 1.165) is 86.5 Å². The Hall–Kier alpha value is -3.26. The molecule has 1 aliphatic heterocycles. The third kappa shape index (κ3) is 3.75. The van der Waals surface area contributed by atoms with E-state index in [9.17, 15) is 0 Å². The van der Waals surface area contributed by atoms with Gasteiger partial charge in [-0.25, -0.2) is 4.98 Å². The Balaban J connectivity index is 1.42. The van der Waals surface area contributed by atoms with Crippen molar-refractivity contribution in [2.75, 3.05) is 13.1 Å². The third-order valence-electron chi connectivity index (χ3n) is 6.91. The number of allylic oxidation sites excluding steroid dienone is 2. The third-order valence-corrected chi connectivity index (χ3v) is 6.91. The zero-order valence-electron chi connectivity index (χ0n) is 18.9. The van der Waals surface area contributed by atoms with E-state index in [-0.39, 0.29) is 0 Å². The Kier molecular flexibility index (Phi) is 5.61. The fourth-order valence-electron chi connectivity index (χ4n) is 5.14. The topological polar surface area (TPSA) is 49.2 Å². The van der Waals surface area contributed by atoms with Crippen LogP contribution in [0.5, 0.6) is 0 Å². The number of fused-ring (bicyclic) bond motifs is 2.